The lowest BCUT2D eigenvalue weighted by Gasteiger charge is -2.17. The van der Waals surface area contributed by atoms with Crippen LogP contribution in [0, 0.1) is 11.6 Å². The number of nitrogens with two attached hydrogens (primary N) is 1. The zero-order valence-electron chi connectivity index (χ0n) is 9.94. The molecule has 0 aliphatic rings. The highest BCUT2D eigenvalue weighted by atomic mass is 19.1. The zero-order valence-corrected chi connectivity index (χ0v) is 9.94. The second kappa shape index (κ2) is 5.74. The molecule has 2 aromatic rings. The van der Waals surface area contributed by atoms with E-state index in [4.69, 9.17) is 5.73 Å². The predicted molar refractivity (Wildman–Crippen MR) is 68.3 cm³/mol. The molecule has 0 saturated heterocycles. The lowest BCUT2D eigenvalue weighted by atomic mass is 9.88. The molecule has 3 heteroatoms. The molecular weight excluding hydrogens is 232 g/mol. The van der Waals surface area contributed by atoms with E-state index in [9.17, 15) is 8.78 Å². The Balaban J connectivity index is 2.43. The molecule has 1 nitrogen and oxygen atoms in total. The molecule has 1 atom stereocenters. The van der Waals surface area contributed by atoms with Gasteiger partial charge in [0.25, 0.3) is 0 Å². The van der Waals surface area contributed by atoms with Crippen molar-refractivity contribution in [1.82, 2.24) is 0 Å². The fourth-order valence-electron chi connectivity index (χ4n) is 2.15. The third-order valence-corrected chi connectivity index (χ3v) is 2.99. The first-order valence-corrected chi connectivity index (χ1v) is 5.92. The molecule has 0 heterocycles. The highest BCUT2D eigenvalue weighted by molar-refractivity contribution is 5.33. The molecule has 0 spiro atoms. The van der Waals surface area contributed by atoms with Crippen LogP contribution in [0.3, 0.4) is 0 Å². The molecule has 2 N–H and O–H groups in total. The van der Waals surface area contributed by atoms with E-state index in [0.717, 1.165) is 5.56 Å². The average molecular weight is 247 g/mol. The monoisotopic (exact) mass is 247 g/mol. The van der Waals surface area contributed by atoms with Crippen molar-refractivity contribution in [3.63, 3.8) is 0 Å². The summed E-state index contributed by atoms with van der Waals surface area (Å²) >= 11 is 0. The van der Waals surface area contributed by atoms with Crippen LogP contribution >= 0.6 is 0 Å². The minimum atomic E-state index is -0.314. The largest absolute Gasteiger partial charge is 0.330 e. The Kier molecular flexibility index (Phi) is 4.05. The van der Waals surface area contributed by atoms with Gasteiger partial charge in [-0.25, -0.2) is 8.78 Å². The summed E-state index contributed by atoms with van der Waals surface area (Å²) < 4.78 is 27.1. The van der Waals surface area contributed by atoms with Crippen molar-refractivity contribution < 1.29 is 8.78 Å². The number of rotatable bonds is 4. The van der Waals surface area contributed by atoms with E-state index in [-0.39, 0.29) is 17.6 Å². The SMILES string of the molecule is NCCC(c1cccc(F)c1)c1ccccc1F. The number of benzene rings is 2. The summed E-state index contributed by atoms with van der Waals surface area (Å²) in [7, 11) is 0. The highest BCUT2D eigenvalue weighted by Gasteiger charge is 2.17. The molecule has 0 radical (unpaired) electrons. The normalized spacial score (nSPS) is 12.4. The Morgan fingerprint density at radius 3 is 2.44 bits per heavy atom. The van der Waals surface area contributed by atoms with Gasteiger partial charge in [-0.05, 0) is 42.3 Å². The minimum absolute atomic E-state index is 0.202. The van der Waals surface area contributed by atoms with Crippen LogP contribution in [-0.2, 0) is 0 Å². The van der Waals surface area contributed by atoms with Crippen molar-refractivity contribution in [2.45, 2.75) is 12.3 Å². The van der Waals surface area contributed by atoms with E-state index in [1.807, 2.05) is 0 Å². The summed E-state index contributed by atoms with van der Waals surface area (Å²) in [6.45, 7) is 0.426. The lowest BCUT2D eigenvalue weighted by molar-refractivity contribution is 0.583. The van der Waals surface area contributed by atoms with Crippen LogP contribution in [0.1, 0.15) is 23.5 Å². The highest BCUT2D eigenvalue weighted by Crippen LogP contribution is 2.29. The van der Waals surface area contributed by atoms with Crippen LogP contribution in [0.2, 0.25) is 0 Å². The van der Waals surface area contributed by atoms with Gasteiger partial charge in [-0.2, -0.15) is 0 Å². The molecule has 2 rings (SSSR count). The van der Waals surface area contributed by atoms with E-state index in [1.54, 1.807) is 30.3 Å². The van der Waals surface area contributed by atoms with Crippen molar-refractivity contribution in [2.24, 2.45) is 5.73 Å². The smallest absolute Gasteiger partial charge is 0.127 e. The Morgan fingerprint density at radius 1 is 1.00 bits per heavy atom. The van der Waals surface area contributed by atoms with Crippen LogP contribution < -0.4 is 5.73 Å². The summed E-state index contributed by atoms with van der Waals surface area (Å²) in [5, 5.41) is 0. The molecule has 94 valence electrons. The van der Waals surface area contributed by atoms with Gasteiger partial charge in [0.15, 0.2) is 0 Å². The summed E-state index contributed by atoms with van der Waals surface area (Å²) in [6, 6.07) is 12.8. The molecule has 0 aliphatic heterocycles. The Bertz CT molecular complexity index is 525. The first-order chi connectivity index (χ1) is 8.72. The summed E-state index contributed by atoms with van der Waals surface area (Å²) in [4.78, 5) is 0. The quantitative estimate of drug-likeness (QED) is 0.879. The number of halogens is 2. The Hall–Kier alpha value is -1.74. The van der Waals surface area contributed by atoms with Crippen LogP contribution in [0.4, 0.5) is 8.78 Å². The Labute approximate surface area is 105 Å². The first kappa shape index (κ1) is 12.7. The van der Waals surface area contributed by atoms with Crippen LogP contribution in [0.25, 0.3) is 0 Å². The van der Waals surface area contributed by atoms with Crippen molar-refractivity contribution in [2.75, 3.05) is 6.54 Å². The van der Waals surface area contributed by atoms with Gasteiger partial charge in [-0.15, -0.1) is 0 Å². The summed E-state index contributed by atoms with van der Waals surface area (Å²) in [5.74, 6) is -0.794. The molecule has 0 saturated carbocycles. The van der Waals surface area contributed by atoms with Gasteiger partial charge in [0.05, 0.1) is 0 Å². The maximum absolute atomic E-state index is 13.8. The second-order valence-electron chi connectivity index (χ2n) is 4.21. The van der Waals surface area contributed by atoms with E-state index in [2.05, 4.69) is 0 Å². The van der Waals surface area contributed by atoms with E-state index in [1.165, 1.54) is 18.2 Å². The second-order valence-corrected chi connectivity index (χ2v) is 4.21. The average Bonchev–Trinajstić information content (AvgIpc) is 2.37. The molecule has 1 unspecified atom stereocenters. The van der Waals surface area contributed by atoms with E-state index >= 15 is 0 Å². The third-order valence-electron chi connectivity index (χ3n) is 2.99. The van der Waals surface area contributed by atoms with Gasteiger partial charge in [0.1, 0.15) is 11.6 Å². The predicted octanol–water partition coefficient (Wildman–Crippen LogP) is 3.45. The molecule has 0 fully saturated rings. The Morgan fingerprint density at radius 2 is 1.78 bits per heavy atom. The zero-order chi connectivity index (χ0) is 13.0. The summed E-state index contributed by atoms with van der Waals surface area (Å²) in [6.07, 6.45) is 0.588. The van der Waals surface area contributed by atoms with Gasteiger partial charge in [0, 0.05) is 5.92 Å². The molecule has 0 bridgehead atoms. The standard InChI is InChI=1S/C15H15F2N/c16-12-5-3-4-11(10-12)13(8-9-18)14-6-1-2-7-15(14)17/h1-7,10,13H,8-9,18H2. The van der Waals surface area contributed by atoms with E-state index in [0.29, 0.717) is 18.5 Å². The lowest BCUT2D eigenvalue weighted by Crippen LogP contribution is -2.10. The fourth-order valence-corrected chi connectivity index (χ4v) is 2.15. The van der Waals surface area contributed by atoms with Gasteiger partial charge < -0.3 is 5.73 Å². The van der Waals surface area contributed by atoms with Gasteiger partial charge >= 0.3 is 0 Å². The molecule has 18 heavy (non-hydrogen) atoms. The fraction of sp³-hybridized carbons (Fsp3) is 0.200. The maximum atomic E-state index is 13.8. The van der Waals surface area contributed by atoms with E-state index < -0.39 is 0 Å². The third kappa shape index (κ3) is 2.74. The number of hydrogen-bond donors (Lipinski definition) is 1. The molecule has 0 amide bonds. The first-order valence-electron chi connectivity index (χ1n) is 5.92. The van der Waals surface area contributed by atoms with Crippen LogP contribution in [0.15, 0.2) is 48.5 Å². The topological polar surface area (TPSA) is 26.0 Å². The van der Waals surface area contributed by atoms with Crippen molar-refractivity contribution >= 4 is 0 Å². The molecule has 0 aromatic heterocycles. The van der Waals surface area contributed by atoms with Gasteiger partial charge in [-0.1, -0.05) is 30.3 Å². The van der Waals surface area contributed by atoms with Crippen molar-refractivity contribution in [3.05, 3.63) is 71.3 Å². The molecule has 2 aromatic carbocycles. The van der Waals surface area contributed by atoms with Gasteiger partial charge in [0.2, 0.25) is 0 Å². The van der Waals surface area contributed by atoms with Crippen molar-refractivity contribution in [3.8, 4) is 0 Å². The van der Waals surface area contributed by atoms with Crippen LogP contribution in [-0.4, -0.2) is 6.54 Å². The maximum Gasteiger partial charge on any atom is 0.127 e. The van der Waals surface area contributed by atoms with Crippen LogP contribution in [0.5, 0.6) is 0 Å². The summed E-state index contributed by atoms with van der Waals surface area (Å²) in [5.41, 5.74) is 6.89. The molecule has 0 aliphatic carbocycles. The molecular formula is C15H15F2N. The van der Waals surface area contributed by atoms with Crippen molar-refractivity contribution in [1.29, 1.82) is 0 Å². The van der Waals surface area contributed by atoms with Gasteiger partial charge in [-0.3, -0.25) is 0 Å². The minimum Gasteiger partial charge on any atom is -0.330 e. The number of hydrogen-bond acceptors (Lipinski definition) is 1.